The van der Waals surface area contributed by atoms with E-state index >= 15 is 0 Å². The summed E-state index contributed by atoms with van der Waals surface area (Å²) in [6.07, 6.45) is 7.45. The smallest absolute Gasteiger partial charge is 0.242 e. The topological polar surface area (TPSA) is 55.6 Å². The van der Waals surface area contributed by atoms with E-state index in [9.17, 15) is 4.79 Å². The van der Waals surface area contributed by atoms with Crippen molar-refractivity contribution >= 4 is 18.3 Å². The number of halogens is 1. The van der Waals surface area contributed by atoms with Crippen LogP contribution in [0.2, 0.25) is 0 Å². The zero-order valence-corrected chi connectivity index (χ0v) is 12.0. The maximum atomic E-state index is 12.3. The lowest BCUT2D eigenvalue weighted by atomic mass is 9.78. The van der Waals surface area contributed by atoms with E-state index in [1.54, 1.807) is 7.11 Å². The molecule has 0 aromatic heterocycles. The molecule has 1 saturated heterocycles. The van der Waals surface area contributed by atoms with E-state index in [4.69, 9.17) is 10.5 Å². The molecule has 1 heterocycles. The molecule has 106 valence electrons. The molecule has 0 radical (unpaired) electrons. The maximum Gasteiger partial charge on any atom is 0.242 e. The van der Waals surface area contributed by atoms with Gasteiger partial charge in [-0.2, -0.15) is 0 Å². The van der Waals surface area contributed by atoms with Crippen LogP contribution in [0.5, 0.6) is 0 Å². The Morgan fingerprint density at radius 1 is 1.33 bits per heavy atom. The summed E-state index contributed by atoms with van der Waals surface area (Å²) in [6, 6.07) is -0.0337. The molecular weight excluding hydrogens is 252 g/mol. The van der Waals surface area contributed by atoms with E-state index in [-0.39, 0.29) is 18.3 Å². The van der Waals surface area contributed by atoms with Crippen LogP contribution >= 0.6 is 12.4 Å². The molecule has 18 heavy (non-hydrogen) atoms. The van der Waals surface area contributed by atoms with Gasteiger partial charge in [0.1, 0.15) is 6.04 Å². The van der Waals surface area contributed by atoms with Crippen LogP contribution in [-0.4, -0.2) is 43.2 Å². The van der Waals surface area contributed by atoms with Gasteiger partial charge in [-0.1, -0.05) is 12.8 Å². The van der Waals surface area contributed by atoms with Gasteiger partial charge in [0, 0.05) is 19.7 Å². The molecule has 1 aliphatic heterocycles. The summed E-state index contributed by atoms with van der Waals surface area (Å²) >= 11 is 0. The molecule has 1 amide bonds. The number of rotatable bonds is 3. The second-order valence-electron chi connectivity index (χ2n) is 5.35. The average Bonchev–Trinajstić information content (AvgIpc) is 2.37. The summed E-state index contributed by atoms with van der Waals surface area (Å²) in [7, 11) is 1.59. The first-order valence-corrected chi connectivity index (χ1v) is 6.79. The minimum Gasteiger partial charge on any atom is -0.383 e. The van der Waals surface area contributed by atoms with Crippen molar-refractivity contribution in [2.75, 3.05) is 20.3 Å². The van der Waals surface area contributed by atoms with Crippen LogP contribution in [0.15, 0.2) is 0 Å². The summed E-state index contributed by atoms with van der Waals surface area (Å²) in [4.78, 5) is 14.3. The number of ether oxygens (including phenoxy) is 1. The van der Waals surface area contributed by atoms with Crippen molar-refractivity contribution in [2.24, 2.45) is 11.7 Å². The van der Waals surface area contributed by atoms with Gasteiger partial charge in [0.05, 0.1) is 6.61 Å². The third-order valence-corrected chi connectivity index (χ3v) is 4.19. The number of hydrogen-bond acceptors (Lipinski definition) is 3. The molecule has 2 fully saturated rings. The normalized spacial score (nSPS) is 29.1. The Hall–Kier alpha value is -0.320. The monoisotopic (exact) mass is 276 g/mol. The summed E-state index contributed by atoms with van der Waals surface area (Å²) in [5.74, 6) is 0.805. The Kier molecular flexibility index (Phi) is 6.39. The third-order valence-electron chi connectivity index (χ3n) is 4.19. The lowest BCUT2D eigenvalue weighted by Gasteiger charge is -2.44. The van der Waals surface area contributed by atoms with Crippen molar-refractivity contribution in [3.8, 4) is 0 Å². The van der Waals surface area contributed by atoms with E-state index < -0.39 is 6.04 Å². The second-order valence-corrected chi connectivity index (χ2v) is 5.35. The number of methoxy groups -OCH3 is 1. The number of fused-ring (bicyclic) bond motifs is 1. The van der Waals surface area contributed by atoms with Crippen LogP contribution in [0.25, 0.3) is 0 Å². The lowest BCUT2D eigenvalue weighted by Crippen LogP contribution is -2.55. The standard InChI is InChI=1S/C13H24N2O2.ClH/c1-17-9-11(14)13(16)15-8-4-6-10-5-2-3-7-12(10)15;/h10-12H,2-9,14H2,1H3;1H. The summed E-state index contributed by atoms with van der Waals surface area (Å²) in [5.41, 5.74) is 5.86. The molecular formula is C13H25ClN2O2. The van der Waals surface area contributed by atoms with E-state index in [2.05, 4.69) is 0 Å². The van der Waals surface area contributed by atoms with Crippen molar-refractivity contribution in [1.82, 2.24) is 4.90 Å². The molecule has 2 N–H and O–H groups in total. The van der Waals surface area contributed by atoms with Crippen LogP contribution in [0.1, 0.15) is 38.5 Å². The third kappa shape index (κ3) is 3.37. The molecule has 3 atom stereocenters. The highest BCUT2D eigenvalue weighted by atomic mass is 35.5. The van der Waals surface area contributed by atoms with E-state index in [0.29, 0.717) is 12.6 Å². The van der Waals surface area contributed by atoms with Crippen molar-refractivity contribution in [2.45, 2.75) is 50.6 Å². The van der Waals surface area contributed by atoms with Crippen molar-refractivity contribution in [1.29, 1.82) is 0 Å². The van der Waals surface area contributed by atoms with E-state index in [1.165, 1.54) is 25.7 Å². The zero-order valence-electron chi connectivity index (χ0n) is 11.1. The van der Waals surface area contributed by atoms with Crippen molar-refractivity contribution in [3.63, 3.8) is 0 Å². The van der Waals surface area contributed by atoms with Gasteiger partial charge in [0.15, 0.2) is 0 Å². The fourth-order valence-electron chi connectivity index (χ4n) is 3.36. The quantitative estimate of drug-likeness (QED) is 0.851. The SMILES string of the molecule is COCC(N)C(=O)N1CCCC2CCCCC21.Cl. The second kappa shape index (κ2) is 7.31. The van der Waals surface area contributed by atoms with Gasteiger partial charge in [-0.25, -0.2) is 0 Å². The fraction of sp³-hybridized carbons (Fsp3) is 0.923. The Labute approximate surface area is 116 Å². The van der Waals surface area contributed by atoms with Gasteiger partial charge in [0.25, 0.3) is 0 Å². The van der Waals surface area contributed by atoms with Crippen LogP contribution in [0.4, 0.5) is 0 Å². The number of piperidine rings is 1. The highest BCUT2D eigenvalue weighted by Gasteiger charge is 2.36. The number of carbonyl (C=O) groups is 1. The Balaban J connectivity index is 0.00000162. The maximum absolute atomic E-state index is 12.3. The van der Waals surface area contributed by atoms with Crippen LogP contribution < -0.4 is 5.73 Å². The molecule has 2 rings (SSSR count). The number of likely N-dealkylation sites (tertiary alicyclic amines) is 1. The van der Waals surface area contributed by atoms with E-state index in [1.807, 2.05) is 4.90 Å². The number of amides is 1. The average molecular weight is 277 g/mol. The Morgan fingerprint density at radius 3 is 2.72 bits per heavy atom. The predicted molar refractivity (Wildman–Crippen MR) is 73.8 cm³/mol. The van der Waals surface area contributed by atoms with Gasteiger partial charge in [0.2, 0.25) is 5.91 Å². The fourth-order valence-corrected chi connectivity index (χ4v) is 3.36. The number of nitrogens with two attached hydrogens (primary N) is 1. The molecule has 5 heteroatoms. The minimum atomic E-state index is -0.485. The molecule has 4 nitrogen and oxygen atoms in total. The molecule has 0 aromatic rings. The highest BCUT2D eigenvalue weighted by molar-refractivity contribution is 5.85. The first-order valence-electron chi connectivity index (χ1n) is 6.79. The van der Waals surface area contributed by atoms with Gasteiger partial charge in [-0.05, 0) is 31.6 Å². The molecule has 1 aliphatic carbocycles. The van der Waals surface area contributed by atoms with Crippen LogP contribution in [0.3, 0.4) is 0 Å². The van der Waals surface area contributed by atoms with Crippen LogP contribution in [0, 0.1) is 5.92 Å². The molecule has 1 saturated carbocycles. The number of nitrogens with zero attached hydrogens (tertiary/aromatic N) is 1. The lowest BCUT2D eigenvalue weighted by molar-refractivity contribution is -0.140. The first kappa shape index (κ1) is 15.7. The van der Waals surface area contributed by atoms with Gasteiger partial charge in [-0.15, -0.1) is 12.4 Å². The molecule has 3 unspecified atom stereocenters. The van der Waals surface area contributed by atoms with Gasteiger partial charge < -0.3 is 15.4 Å². The zero-order chi connectivity index (χ0) is 12.3. The summed E-state index contributed by atoms with van der Waals surface area (Å²) in [6.45, 7) is 1.21. The van der Waals surface area contributed by atoms with Crippen molar-refractivity contribution in [3.05, 3.63) is 0 Å². The van der Waals surface area contributed by atoms with Gasteiger partial charge >= 0.3 is 0 Å². The Morgan fingerprint density at radius 2 is 2.00 bits per heavy atom. The van der Waals surface area contributed by atoms with E-state index in [0.717, 1.165) is 25.3 Å². The molecule has 0 aromatic carbocycles. The largest absolute Gasteiger partial charge is 0.383 e. The molecule has 0 spiro atoms. The summed E-state index contributed by atoms with van der Waals surface area (Å²) in [5, 5.41) is 0. The summed E-state index contributed by atoms with van der Waals surface area (Å²) < 4.78 is 4.98. The number of carbonyl (C=O) groups excluding carboxylic acids is 1. The first-order chi connectivity index (χ1) is 8.24. The Bertz CT molecular complexity index is 274. The predicted octanol–water partition coefficient (Wildman–Crippen LogP) is 1.56. The van der Waals surface area contributed by atoms with Crippen LogP contribution in [-0.2, 0) is 9.53 Å². The van der Waals surface area contributed by atoms with Crippen molar-refractivity contribution < 1.29 is 9.53 Å². The number of hydrogen-bond donors (Lipinski definition) is 1. The highest BCUT2D eigenvalue weighted by Crippen LogP contribution is 2.35. The van der Waals surface area contributed by atoms with Gasteiger partial charge in [-0.3, -0.25) is 4.79 Å². The molecule has 0 bridgehead atoms. The minimum absolute atomic E-state index is 0. The molecule has 2 aliphatic rings.